The zero-order valence-corrected chi connectivity index (χ0v) is 22.2. The first-order chi connectivity index (χ1) is 17.3. The Labute approximate surface area is 222 Å². The number of rotatable bonds is 18. The molecule has 0 aliphatic heterocycles. The Morgan fingerprint density at radius 1 is 0.784 bits per heavy atom. The number of thiol groups is 1. The molecule has 0 aliphatic carbocycles. The number of aliphatic imine (C=N–C) groups is 2. The van der Waals surface area contributed by atoms with E-state index < -0.39 is 47.9 Å². The van der Waals surface area contributed by atoms with E-state index in [2.05, 4.69) is 38.6 Å². The van der Waals surface area contributed by atoms with Crippen LogP contribution in [0.3, 0.4) is 0 Å². The van der Waals surface area contributed by atoms with E-state index in [9.17, 15) is 24.3 Å². The molecule has 0 aromatic heterocycles. The van der Waals surface area contributed by atoms with Crippen molar-refractivity contribution in [3.63, 3.8) is 0 Å². The van der Waals surface area contributed by atoms with Gasteiger partial charge in [0.25, 0.3) is 0 Å². The van der Waals surface area contributed by atoms with Crippen LogP contribution in [0, 0.1) is 5.92 Å². The van der Waals surface area contributed by atoms with Gasteiger partial charge in [-0.1, -0.05) is 13.8 Å². The van der Waals surface area contributed by atoms with Crippen molar-refractivity contribution in [2.24, 2.45) is 44.6 Å². The van der Waals surface area contributed by atoms with Crippen molar-refractivity contribution in [3.05, 3.63) is 0 Å². The van der Waals surface area contributed by atoms with E-state index >= 15 is 0 Å². The molecule has 0 saturated heterocycles. The number of guanidine groups is 2. The summed E-state index contributed by atoms with van der Waals surface area (Å²) < 4.78 is 0. The second-order valence-corrected chi connectivity index (χ2v) is 9.20. The highest BCUT2D eigenvalue weighted by molar-refractivity contribution is 7.80. The van der Waals surface area contributed by atoms with Crippen LogP contribution < -0.4 is 44.6 Å². The van der Waals surface area contributed by atoms with Crippen molar-refractivity contribution >= 4 is 48.2 Å². The predicted octanol–water partition coefficient (Wildman–Crippen LogP) is -3.06. The summed E-state index contributed by atoms with van der Waals surface area (Å²) in [6.45, 7) is 4.14. The lowest BCUT2D eigenvalue weighted by atomic mass is 10.0. The molecular weight excluding hydrogens is 504 g/mol. The highest BCUT2D eigenvalue weighted by Gasteiger charge is 2.29. The average Bonchev–Trinajstić information content (AvgIpc) is 2.80. The van der Waals surface area contributed by atoms with Crippen molar-refractivity contribution in [1.29, 1.82) is 0 Å². The van der Waals surface area contributed by atoms with Crippen molar-refractivity contribution in [1.82, 2.24) is 16.0 Å². The van der Waals surface area contributed by atoms with Crippen molar-refractivity contribution < 1.29 is 24.3 Å². The summed E-state index contributed by atoms with van der Waals surface area (Å²) in [6.07, 6.45) is 1.39. The largest absolute Gasteiger partial charge is 0.480 e. The minimum absolute atomic E-state index is 0.0129. The predicted molar refractivity (Wildman–Crippen MR) is 145 cm³/mol. The summed E-state index contributed by atoms with van der Waals surface area (Å²) in [5, 5.41) is 16.9. The van der Waals surface area contributed by atoms with Crippen LogP contribution in [0.5, 0.6) is 0 Å². The maximum absolute atomic E-state index is 13.0. The van der Waals surface area contributed by atoms with Gasteiger partial charge >= 0.3 is 5.97 Å². The second-order valence-electron chi connectivity index (χ2n) is 8.84. The minimum atomic E-state index is -1.19. The highest BCUT2D eigenvalue weighted by atomic mass is 32.1. The van der Waals surface area contributed by atoms with Crippen molar-refractivity contribution in [2.75, 3.05) is 18.8 Å². The number of aliphatic carboxylic acids is 1. The Hall–Kier alpha value is -3.27. The Balaban J connectivity index is 5.33. The molecule has 16 heteroatoms. The zero-order chi connectivity index (χ0) is 28.5. The van der Waals surface area contributed by atoms with Crippen LogP contribution in [0.15, 0.2) is 9.98 Å². The molecule has 0 radical (unpaired) electrons. The Morgan fingerprint density at radius 2 is 1.24 bits per heavy atom. The monoisotopic (exact) mass is 546 g/mol. The SMILES string of the molecule is CC(C)CC(NC(=O)C(CS)NC(=O)C(CCCN=C(N)N)NC(=O)C(N)CCCN=C(N)N)C(=O)O. The molecule has 0 heterocycles. The molecule has 0 spiro atoms. The van der Waals surface area contributed by atoms with Gasteiger partial charge in [-0.25, -0.2) is 4.79 Å². The van der Waals surface area contributed by atoms with E-state index in [-0.39, 0.29) is 49.4 Å². The molecule has 212 valence electrons. The number of carboxylic acids is 1. The summed E-state index contributed by atoms with van der Waals surface area (Å²) in [7, 11) is 0. The van der Waals surface area contributed by atoms with Gasteiger partial charge in [0.05, 0.1) is 6.04 Å². The van der Waals surface area contributed by atoms with E-state index in [4.69, 9.17) is 28.7 Å². The van der Waals surface area contributed by atoms with Gasteiger partial charge in [-0.15, -0.1) is 0 Å². The Kier molecular flexibility index (Phi) is 16.5. The number of nitrogens with two attached hydrogens (primary N) is 5. The van der Waals surface area contributed by atoms with Gasteiger partial charge < -0.3 is 49.7 Å². The quantitative estimate of drug-likeness (QED) is 0.0358. The zero-order valence-electron chi connectivity index (χ0n) is 21.4. The van der Waals surface area contributed by atoms with Gasteiger partial charge in [0.1, 0.15) is 18.1 Å². The Bertz CT molecular complexity index is 816. The molecular formula is C21H42N10O5S. The van der Waals surface area contributed by atoms with Crippen molar-refractivity contribution in [2.45, 2.75) is 70.1 Å². The van der Waals surface area contributed by atoms with Crippen LogP contribution in [-0.4, -0.2) is 83.7 Å². The normalized spacial score (nSPS) is 14.0. The summed E-state index contributed by atoms with van der Waals surface area (Å²) in [5.74, 6) is -3.43. The molecule has 0 fully saturated rings. The fraction of sp³-hybridized carbons (Fsp3) is 0.714. The third-order valence-electron chi connectivity index (χ3n) is 5.02. The lowest BCUT2D eigenvalue weighted by Crippen LogP contribution is -2.57. The van der Waals surface area contributed by atoms with Crippen LogP contribution in [0.2, 0.25) is 0 Å². The summed E-state index contributed by atoms with van der Waals surface area (Å²) >= 11 is 4.11. The van der Waals surface area contributed by atoms with E-state index in [1.807, 2.05) is 13.8 Å². The number of carbonyl (C=O) groups is 4. The number of hydrogen-bond acceptors (Lipinski definition) is 8. The van der Waals surface area contributed by atoms with Crippen molar-refractivity contribution in [3.8, 4) is 0 Å². The first kappa shape index (κ1) is 33.7. The van der Waals surface area contributed by atoms with Crippen LogP contribution in [-0.2, 0) is 19.2 Å². The number of amides is 3. The molecule has 14 N–H and O–H groups in total. The fourth-order valence-corrected chi connectivity index (χ4v) is 3.39. The molecule has 0 aromatic rings. The number of nitrogens with zero attached hydrogens (tertiary/aromatic N) is 2. The molecule has 0 aromatic carbocycles. The van der Waals surface area contributed by atoms with Crippen LogP contribution in [0.1, 0.15) is 46.0 Å². The van der Waals surface area contributed by atoms with Crippen LogP contribution in [0.4, 0.5) is 0 Å². The molecule has 15 nitrogen and oxygen atoms in total. The standard InChI is InChI=1S/C21H42N10O5S/c1-11(2)9-14(19(35)36)30-18(34)15(10-37)31-17(33)13(6-4-8-28-21(25)26)29-16(32)12(22)5-3-7-27-20(23)24/h11-15,37H,3-10,22H2,1-2H3,(H,29,32)(H,30,34)(H,31,33)(H,35,36)(H4,23,24,27)(H4,25,26,28). The molecule has 0 bridgehead atoms. The molecule has 0 aliphatic rings. The fourth-order valence-electron chi connectivity index (χ4n) is 3.13. The van der Waals surface area contributed by atoms with Gasteiger partial charge in [-0.05, 0) is 38.0 Å². The second kappa shape index (κ2) is 18.0. The number of hydrogen-bond donors (Lipinski definition) is 10. The average molecular weight is 547 g/mol. The van der Waals surface area contributed by atoms with E-state index in [0.29, 0.717) is 19.4 Å². The third kappa shape index (κ3) is 15.4. The Morgan fingerprint density at radius 3 is 1.70 bits per heavy atom. The van der Waals surface area contributed by atoms with E-state index in [0.717, 1.165) is 0 Å². The highest BCUT2D eigenvalue weighted by Crippen LogP contribution is 2.07. The van der Waals surface area contributed by atoms with Gasteiger partial charge in [-0.3, -0.25) is 24.4 Å². The lowest BCUT2D eigenvalue weighted by Gasteiger charge is -2.25. The lowest BCUT2D eigenvalue weighted by molar-refractivity contribution is -0.142. The van der Waals surface area contributed by atoms with Crippen LogP contribution >= 0.6 is 12.6 Å². The van der Waals surface area contributed by atoms with Gasteiger partial charge in [0.2, 0.25) is 17.7 Å². The minimum Gasteiger partial charge on any atom is -0.480 e. The molecule has 0 saturated carbocycles. The molecule has 37 heavy (non-hydrogen) atoms. The molecule has 4 atom stereocenters. The van der Waals surface area contributed by atoms with Gasteiger partial charge in [0, 0.05) is 18.8 Å². The smallest absolute Gasteiger partial charge is 0.326 e. The summed E-state index contributed by atoms with van der Waals surface area (Å²) in [6, 6.07) is -4.26. The summed E-state index contributed by atoms with van der Waals surface area (Å²) in [4.78, 5) is 57.5. The maximum atomic E-state index is 13.0. The third-order valence-corrected chi connectivity index (χ3v) is 5.39. The summed E-state index contributed by atoms with van der Waals surface area (Å²) in [5.41, 5.74) is 27.1. The number of carbonyl (C=O) groups excluding carboxylic acids is 3. The first-order valence-electron chi connectivity index (χ1n) is 11.9. The number of carboxylic acid groups (broad SMARTS) is 1. The molecule has 3 amide bonds. The number of nitrogens with one attached hydrogen (secondary N) is 3. The van der Waals surface area contributed by atoms with Gasteiger partial charge in [-0.2, -0.15) is 12.6 Å². The first-order valence-corrected chi connectivity index (χ1v) is 12.5. The topological polar surface area (TPSA) is 279 Å². The molecule has 4 unspecified atom stereocenters. The van der Waals surface area contributed by atoms with Gasteiger partial charge in [0.15, 0.2) is 11.9 Å². The van der Waals surface area contributed by atoms with E-state index in [1.165, 1.54) is 0 Å². The van der Waals surface area contributed by atoms with E-state index in [1.54, 1.807) is 0 Å². The maximum Gasteiger partial charge on any atom is 0.326 e. The van der Waals surface area contributed by atoms with Crippen LogP contribution in [0.25, 0.3) is 0 Å². The molecule has 0 rings (SSSR count).